The molecule has 3 rings (SSSR count). The van der Waals surface area contributed by atoms with E-state index in [2.05, 4.69) is 27.4 Å². The number of nitrogens with one attached hydrogen (secondary N) is 1. The van der Waals surface area contributed by atoms with Crippen molar-refractivity contribution in [2.75, 3.05) is 19.6 Å². The van der Waals surface area contributed by atoms with E-state index >= 15 is 0 Å². The largest absolute Gasteiger partial charge is 0.354 e. The number of hydrogen-bond acceptors (Lipinski definition) is 3. The molecule has 5 heteroatoms. The minimum absolute atomic E-state index is 0.0809. The molecule has 116 valence electrons. The van der Waals surface area contributed by atoms with E-state index in [0.29, 0.717) is 12.6 Å². The van der Waals surface area contributed by atoms with E-state index in [0.717, 1.165) is 19.5 Å². The zero-order chi connectivity index (χ0) is 15.4. The van der Waals surface area contributed by atoms with Crippen LogP contribution in [0.3, 0.4) is 0 Å². The molecule has 1 aromatic carbocycles. The monoisotopic (exact) mass is 298 g/mol. The summed E-state index contributed by atoms with van der Waals surface area (Å²) in [5.41, 5.74) is 1.25. The van der Waals surface area contributed by atoms with Gasteiger partial charge < -0.3 is 5.32 Å². The summed E-state index contributed by atoms with van der Waals surface area (Å²) in [6, 6.07) is 12.5. The van der Waals surface area contributed by atoms with Crippen LogP contribution < -0.4 is 5.32 Å². The van der Waals surface area contributed by atoms with Gasteiger partial charge in [-0.1, -0.05) is 30.3 Å². The Morgan fingerprint density at radius 1 is 1.32 bits per heavy atom. The molecule has 0 bridgehead atoms. The summed E-state index contributed by atoms with van der Waals surface area (Å²) in [6.07, 6.45) is 4.64. The highest BCUT2D eigenvalue weighted by Gasteiger charge is 2.34. The van der Waals surface area contributed by atoms with Crippen LogP contribution >= 0.6 is 0 Å². The van der Waals surface area contributed by atoms with Crippen molar-refractivity contribution in [2.24, 2.45) is 0 Å². The number of rotatable bonds is 6. The maximum Gasteiger partial charge on any atom is 0.237 e. The van der Waals surface area contributed by atoms with Crippen molar-refractivity contribution in [1.29, 1.82) is 0 Å². The van der Waals surface area contributed by atoms with Crippen LogP contribution in [-0.4, -0.2) is 46.3 Å². The van der Waals surface area contributed by atoms with Gasteiger partial charge in [0, 0.05) is 32.0 Å². The summed E-state index contributed by atoms with van der Waals surface area (Å²) in [4.78, 5) is 14.4. The van der Waals surface area contributed by atoms with E-state index < -0.39 is 0 Å². The van der Waals surface area contributed by atoms with E-state index in [1.54, 1.807) is 6.20 Å². The van der Waals surface area contributed by atoms with E-state index in [-0.39, 0.29) is 11.9 Å². The molecule has 1 N–H and O–H groups in total. The number of nitrogens with zero attached hydrogens (tertiary/aromatic N) is 3. The highest BCUT2D eigenvalue weighted by molar-refractivity contribution is 5.81. The number of aromatic nitrogens is 2. The van der Waals surface area contributed by atoms with Gasteiger partial charge in [-0.05, 0) is 25.0 Å². The van der Waals surface area contributed by atoms with Crippen molar-refractivity contribution in [3.63, 3.8) is 0 Å². The Hall–Kier alpha value is -2.14. The average Bonchev–Trinajstić information content (AvgIpc) is 3.00. The smallest absolute Gasteiger partial charge is 0.237 e. The SMILES string of the molecule is CC(C(=O)NCCc1ccccc1)N1CC(n2cccn2)C1. The molecule has 22 heavy (non-hydrogen) atoms. The third-order valence-corrected chi connectivity index (χ3v) is 4.27. The van der Waals surface area contributed by atoms with Crippen molar-refractivity contribution in [3.8, 4) is 0 Å². The number of benzene rings is 1. The van der Waals surface area contributed by atoms with Crippen LogP contribution in [0.4, 0.5) is 0 Å². The van der Waals surface area contributed by atoms with Crippen LogP contribution in [0.2, 0.25) is 0 Å². The second kappa shape index (κ2) is 6.75. The predicted octanol–water partition coefficient (Wildman–Crippen LogP) is 1.49. The molecule has 1 fully saturated rings. The predicted molar refractivity (Wildman–Crippen MR) is 85.5 cm³/mol. The van der Waals surface area contributed by atoms with Crippen molar-refractivity contribution < 1.29 is 4.79 Å². The first-order valence-corrected chi connectivity index (χ1v) is 7.79. The number of likely N-dealkylation sites (tertiary alicyclic amines) is 1. The van der Waals surface area contributed by atoms with Crippen molar-refractivity contribution >= 4 is 5.91 Å². The van der Waals surface area contributed by atoms with Crippen LogP contribution in [0.15, 0.2) is 48.8 Å². The van der Waals surface area contributed by atoms with Gasteiger partial charge in [0.05, 0.1) is 12.1 Å². The lowest BCUT2D eigenvalue weighted by molar-refractivity contribution is -0.128. The summed E-state index contributed by atoms with van der Waals surface area (Å²) in [7, 11) is 0. The van der Waals surface area contributed by atoms with Gasteiger partial charge >= 0.3 is 0 Å². The molecule has 1 atom stereocenters. The number of carbonyl (C=O) groups is 1. The molecule has 1 unspecified atom stereocenters. The van der Waals surface area contributed by atoms with Gasteiger partial charge in [-0.25, -0.2) is 0 Å². The number of carbonyl (C=O) groups excluding carboxylic acids is 1. The first-order chi connectivity index (χ1) is 10.7. The topological polar surface area (TPSA) is 50.2 Å². The third-order valence-electron chi connectivity index (χ3n) is 4.27. The van der Waals surface area contributed by atoms with Gasteiger partial charge in [0.25, 0.3) is 0 Å². The Labute approximate surface area is 130 Å². The molecule has 5 nitrogen and oxygen atoms in total. The van der Waals surface area contributed by atoms with Gasteiger partial charge in [0.2, 0.25) is 5.91 Å². The molecule has 0 spiro atoms. The molecule has 2 aromatic rings. The normalized spacial score (nSPS) is 17.0. The summed E-state index contributed by atoms with van der Waals surface area (Å²) in [6.45, 7) is 4.42. The molecular weight excluding hydrogens is 276 g/mol. The molecule has 1 saturated heterocycles. The van der Waals surface area contributed by atoms with Crippen LogP contribution in [0.5, 0.6) is 0 Å². The molecule has 1 aliphatic heterocycles. The van der Waals surface area contributed by atoms with Crippen molar-refractivity contribution in [3.05, 3.63) is 54.4 Å². The molecule has 1 aliphatic rings. The fraction of sp³-hybridized carbons (Fsp3) is 0.412. The van der Waals surface area contributed by atoms with Crippen LogP contribution in [0, 0.1) is 0 Å². The quantitative estimate of drug-likeness (QED) is 0.879. The highest BCUT2D eigenvalue weighted by Crippen LogP contribution is 2.22. The molecule has 1 aromatic heterocycles. The van der Waals surface area contributed by atoms with Crippen molar-refractivity contribution in [2.45, 2.75) is 25.4 Å². The lowest BCUT2D eigenvalue weighted by Crippen LogP contribution is -2.56. The molecular formula is C17H22N4O. The van der Waals surface area contributed by atoms with Gasteiger partial charge in [0.15, 0.2) is 0 Å². The van der Waals surface area contributed by atoms with Crippen molar-refractivity contribution in [1.82, 2.24) is 20.0 Å². The van der Waals surface area contributed by atoms with E-state index in [4.69, 9.17) is 0 Å². The molecule has 0 radical (unpaired) electrons. The van der Waals surface area contributed by atoms with Crippen LogP contribution in [-0.2, 0) is 11.2 Å². The fourth-order valence-electron chi connectivity index (χ4n) is 2.76. The second-order valence-corrected chi connectivity index (χ2v) is 5.80. The zero-order valence-electron chi connectivity index (χ0n) is 12.9. The Bertz CT molecular complexity index is 590. The van der Waals surface area contributed by atoms with E-state index in [1.165, 1.54) is 5.56 Å². The maximum atomic E-state index is 12.2. The van der Waals surface area contributed by atoms with Gasteiger partial charge in [-0.3, -0.25) is 14.4 Å². The minimum atomic E-state index is -0.0809. The Kier molecular flexibility index (Phi) is 4.53. The van der Waals surface area contributed by atoms with Crippen LogP contribution in [0.25, 0.3) is 0 Å². The van der Waals surface area contributed by atoms with Gasteiger partial charge in [-0.2, -0.15) is 5.10 Å². The number of hydrogen-bond donors (Lipinski definition) is 1. The first-order valence-electron chi connectivity index (χ1n) is 7.79. The summed E-state index contributed by atoms with van der Waals surface area (Å²) in [5.74, 6) is 0.106. The lowest BCUT2D eigenvalue weighted by atomic mass is 10.1. The lowest BCUT2D eigenvalue weighted by Gasteiger charge is -2.42. The zero-order valence-corrected chi connectivity index (χ0v) is 12.9. The van der Waals surface area contributed by atoms with Gasteiger partial charge in [0.1, 0.15) is 0 Å². The Balaban J connectivity index is 1.39. The maximum absolute atomic E-state index is 12.2. The second-order valence-electron chi connectivity index (χ2n) is 5.80. The van der Waals surface area contributed by atoms with Crippen LogP contribution in [0.1, 0.15) is 18.5 Å². The minimum Gasteiger partial charge on any atom is -0.354 e. The first kappa shape index (κ1) is 14.8. The summed E-state index contributed by atoms with van der Waals surface area (Å²) < 4.78 is 1.97. The summed E-state index contributed by atoms with van der Waals surface area (Å²) >= 11 is 0. The standard InChI is InChI=1S/C17H22N4O/c1-14(20-12-16(13-20)21-11-5-9-19-21)17(22)18-10-8-15-6-3-2-4-7-15/h2-7,9,11,14,16H,8,10,12-13H2,1H3,(H,18,22). The fourth-order valence-corrected chi connectivity index (χ4v) is 2.76. The average molecular weight is 298 g/mol. The molecule has 2 heterocycles. The molecule has 0 saturated carbocycles. The number of amides is 1. The molecule has 0 aliphatic carbocycles. The molecule has 1 amide bonds. The Morgan fingerprint density at radius 2 is 2.09 bits per heavy atom. The third kappa shape index (κ3) is 3.36. The summed E-state index contributed by atoms with van der Waals surface area (Å²) in [5, 5.41) is 7.28. The Morgan fingerprint density at radius 3 is 2.77 bits per heavy atom. The highest BCUT2D eigenvalue weighted by atomic mass is 16.2. The van der Waals surface area contributed by atoms with Gasteiger partial charge in [-0.15, -0.1) is 0 Å². The van der Waals surface area contributed by atoms with E-state index in [9.17, 15) is 4.79 Å². The van der Waals surface area contributed by atoms with E-state index in [1.807, 2.05) is 42.1 Å².